The SMILES string of the molecule is CC1=C2C[C@H]3[C@@H](CC[C@@H]4C[C@H](OC(=O)CN)CC[C@@]43C)[C@@H]2CCC2(C1)O[C@@H]1C[C@H](C)CN[C@H]1[C@H]2C. The summed E-state index contributed by atoms with van der Waals surface area (Å²) >= 11 is 0. The Morgan fingerprint density at radius 1 is 1.17 bits per heavy atom. The molecule has 5 fully saturated rings. The molecule has 0 aromatic carbocycles. The van der Waals surface area contributed by atoms with Gasteiger partial charge in [0, 0.05) is 12.0 Å². The maximum absolute atomic E-state index is 11.8. The molecule has 6 aliphatic rings. The van der Waals surface area contributed by atoms with Crippen LogP contribution in [0.2, 0.25) is 0 Å². The van der Waals surface area contributed by atoms with Crippen molar-refractivity contribution in [3.05, 3.63) is 11.1 Å². The molecule has 2 heterocycles. The van der Waals surface area contributed by atoms with Crippen LogP contribution >= 0.6 is 0 Å². The normalized spacial score (nSPS) is 51.3. The second-order valence-electron chi connectivity index (χ2n) is 13.8. The van der Waals surface area contributed by atoms with Gasteiger partial charge in [-0.3, -0.25) is 4.79 Å². The highest BCUT2D eigenvalue weighted by Crippen LogP contribution is 2.65. The molecule has 5 heteroatoms. The van der Waals surface area contributed by atoms with Crippen molar-refractivity contribution in [1.29, 1.82) is 0 Å². The van der Waals surface area contributed by atoms with Crippen molar-refractivity contribution in [2.24, 2.45) is 46.7 Å². The number of ether oxygens (including phenoxy) is 2. The minimum atomic E-state index is -0.238. The van der Waals surface area contributed by atoms with Crippen LogP contribution in [0, 0.1) is 40.9 Å². The number of piperidine rings is 1. The number of nitrogens with one attached hydrogen (secondary N) is 1. The number of allylic oxidation sites excluding steroid dienone is 1. The van der Waals surface area contributed by atoms with Gasteiger partial charge >= 0.3 is 5.97 Å². The van der Waals surface area contributed by atoms with E-state index in [-0.39, 0.29) is 24.2 Å². The van der Waals surface area contributed by atoms with Gasteiger partial charge in [0.1, 0.15) is 6.10 Å². The molecule has 11 atom stereocenters. The van der Waals surface area contributed by atoms with Gasteiger partial charge in [0.25, 0.3) is 0 Å². The summed E-state index contributed by atoms with van der Waals surface area (Å²) in [7, 11) is 0. The quantitative estimate of drug-likeness (QED) is 0.427. The zero-order valence-corrected chi connectivity index (χ0v) is 22.5. The standard InChI is InChI=1S/C30H48N2O3/c1-17-11-26-28(32-16-17)19(3)30(35-26)10-8-22-23-6-5-20-12-21(34-27(33)15-31)7-9-29(20,4)25(23)13-24(22)18(2)14-30/h17,19-23,25-26,28,32H,5-16,31H2,1-4H3/t17-,19+,20+,21+,22-,23-,25-,26+,28-,29-,30?/m0/s1. The predicted molar refractivity (Wildman–Crippen MR) is 138 cm³/mol. The fourth-order valence-electron chi connectivity index (χ4n) is 10.1. The Morgan fingerprint density at radius 2 is 2.00 bits per heavy atom. The molecule has 0 radical (unpaired) electrons. The van der Waals surface area contributed by atoms with Crippen molar-refractivity contribution in [2.75, 3.05) is 13.1 Å². The maximum Gasteiger partial charge on any atom is 0.319 e. The molecule has 196 valence electrons. The summed E-state index contributed by atoms with van der Waals surface area (Å²) in [5.41, 5.74) is 9.40. The van der Waals surface area contributed by atoms with Gasteiger partial charge in [-0.15, -0.1) is 0 Å². The number of hydrogen-bond donors (Lipinski definition) is 2. The van der Waals surface area contributed by atoms with E-state index in [0.29, 0.717) is 35.3 Å². The van der Waals surface area contributed by atoms with Gasteiger partial charge in [-0.25, -0.2) is 0 Å². The predicted octanol–water partition coefficient (Wildman–Crippen LogP) is 4.98. The highest BCUT2D eigenvalue weighted by atomic mass is 16.5. The van der Waals surface area contributed by atoms with Crippen molar-refractivity contribution < 1.29 is 14.3 Å². The number of esters is 1. The highest BCUT2D eigenvalue weighted by molar-refractivity contribution is 5.71. The highest BCUT2D eigenvalue weighted by Gasteiger charge is 2.59. The first-order valence-electron chi connectivity index (χ1n) is 14.7. The summed E-state index contributed by atoms with van der Waals surface area (Å²) in [5.74, 6) is 4.13. The molecule has 0 amide bonds. The molecule has 0 aromatic heterocycles. The average molecular weight is 485 g/mol. The topological polar surface area (TPSA) is 73.6 Å². The van der Waals surface area contributed by atoms with Crippen LogP contribution in [0.5, 0.6) is 0 Å². The molecule has 0 aromatic rings. The van der Waals surface area contributed by atoms with E-state index in [9.17, 15) is 4.79 Å². The number of carbonyl (C=O) groups excluding carboxylic acids is 1. The van der Waals surface area contributed by atoms with Crippen molar-refractivity contribution >= 4 is 5.97 Å². The smallest absolute Gasteiger partial charge is 0.319 e. The summed E-state index contributed by atoms with van der Waals surface area (Å²) in [5, 5.41) is 3.86. The number of rotatable bonds is 2. The van der Waals surface area contributed by atoms with E-state index in [0.717, 1.165) is 43.6 Å². The number of fused-ring (bicyclic) bond motifs is 6. The van der Waals surface area contributed by atoms with Crippen LogP contribution in [-0.4, -0.2) is 42.9 Å². The molecule has 1 spiro atoms. The fraction of sp³-hybridized carbons (Fsp3) is 0.900. The summed E-state index contributed by atoms with van der Waals surface area (Å²) in [6.07, 6.45) is 12.5. The lowest BCUT2D eigenvalue weighted by Gasteiger charge is -2.54. The molecule has 35 heavy (non-hydrogen) atoms. The lowest BCUT2D eigenvalue weighted by Crippen LogP contribution is -2.49. The summed E-state index contributed by atoms with van der Waals surface area (Å²) in [4.78, 5) is 11.8. The molecule has 5 nitrogen and oxygen atoms in total. The maximum atomic E-state index is 11.8. The van der Waals surface area contributed by atoms with Gasteiger partial charge in [-0.2, -0.15) is 0 Å². The minimum Gasteiger partial charge on any atom is -0.461 e. The van der Waals surface area contributed by atoms with Crippen molar-refractivity contribution in [3.8, 4) is 0 Å². The largest absolute Gasteiger partial charge is 0.461 e. The summed E-state index contributed by atoms with van der Waals surface area (Å²) in [6, 6.07) is 0.535. The van der Waals surface area contributed by atoms with Crippen LogP contribution < -0.4 is 11.1 Å². The molecule has 6 rings (SSSR count). The van der Waals surface area contributed by atoms with Crippen LogP contribution in [-0.2, 0) is 14.3 Å². The zero-order valence-electron chi connectivity index (χ0n) is 22.5. The molecule has 4 aliphatic carbocycles. The average Bonchev–Trinajstić information content (AvgIpc) is 3.29. The molecular formula is C30H48N2O3. The molecule has 3 saturated carbocycles. The van der Waals surface area contributed by atoms with Gasteiger partial charge in [-0.1, -0.05) is 31.9 Å². The summed E-state index contributed by atoms with van der Waals surface area (Å²) in [6.45, 7) is 11.0. The second-order valence-corrected chi connectivity index (χ2v) is 13.8. The van der Waals surface area contributed by atoms with Crippen LogP contribution in [0.4, 0.5) is 0 Å². The molecule has 1 unspecified atom stereocenters. The van der Waals surface area contributed by atoms with Crippen molar-refractivity contribution in [3.63, 3.8) is 0 Å². The van der Waals surface area contributed by atoms with E-state index in [1.165, 1.54) is 44.9 Å². The Hall–Kier alpha value is -0.910. The minimum absolute atomic E-state index is 0.00134. The van der Waals surface area contributed by atoms with Gasteiger partial charge < -0.3 is 20.5 Å². The van der Waals surface area contributed by atoms with Crippen molar-refractivity contribution in [2.45, 2.75) is 116 Å². The van der Waals surface area contributed by atoms with Gasteiger partial charge in [0.2, 0.25) is 0 Å². The van der Waals surface area contributed by atoms with Gasteiger partial charge in [0.05, 0.1) is 18.2 Å². The molecule has 3 N–H and O–H groups in total. The first kappa shape index (κ1) is 24.4. The lowest BCUT2D eigenvalue weighted by atomic mass is 9.52. The second kappa shape index (κ2) is 8.84. The Bertz CT molecular complexity index is 887. The number of carbonyl (C=O) groups is 1. The Labute approximate surface area is 212 Å². The van der Waals surface area contributed by atoms with Crippen LogP contribution in [0.1, 0.15) is 91.9 Å². The third-order valence-corrected chi connectivity index (χ3v) is 12.0. The number of hydrogen-bond acceptors (Lipinski definition) is 5. The lowest BCUT2D eigenvalue weighted by molar-refractivity contribution is -0.155. The number of nitrogens with two attached hydrogens (primary N) is 1. The summed E-state index contributed by atoms with van der Waals surface area (Å²) < 4.78 is 12.7. The Kier molecular flexibility index (Phi) is 6.17. The van der Waals surface area contributed by atoms with Crippen LogP contribution in [0.3, 0.4) is 0 Å². The molecule has 2 aliphatic heterocycles. The van der Waals surface area contributed by atoms with Crippen molar-refractivity contribution in [1.82, 2.24) is 5.32 Å². The zero-order chi connectivity index (χ0) is 24.5. The molecule has 0 bridgehead atoms. The van der Waals surface area contributed by atoms with E-state index < -0.39 is 0 Å². The third-order valence-electron chi connectivity index (χ3n) is 12.0. The van der Waals surface area contributed by atoms with E-state index >= 15 is 0 Å². The van der Waals surface area contributed by atoms with Crippen LogP contribution in [0.15, 0.2) is 11.1 Å². The fourth-order valence-corrected chi connectivity index (χ4v) is 10.1. The Balaban J connectivity index is 1.21. The van der Waals surface area contributed by atoms with E-state index in [4.69, 9.17) is 15.2 Å². The van der Waals surface area contributed by atoms with Gasteiger partial charge in [-0.05, 0) is 113 Å². The van der Waals surface area contributed by atoms with E-state index in [2.05, 4.69) is 33.0 Å². The van der Waals surface area contributed by atoms with Gasteiger partial charge in [0.15, 0.2) is 0 Å². The molecule has 2 saturated heterocycles. The third kappa shape index (κ3) is 3.85. The van der Waals surface area contributed by atoms with Crippen LogP contribution in [0.25, 0.3) is 0 Å². The first-order chi connectivity index (χ1) is 16.7. The molecular weight excluding hydrogens is 436 g/mol. The van der Waals surface area contributed by atoms with E-state index in [1.807, 2.05) is 5.57 Å². The van der Waals surface area contributed by atoms with E-state index in [1.54, 1.807) is 5.57 Å². The monoisotopic (exact) mass is 484 g/mol. The first-order valence-corrected chi connectivity index (χ1v) is 14.7. The Morgan fingerprint density at radius 3 is 2.80 bits per heavy atom.